The minimum atomic E-state index is -3.50. The molecule has 0 saturated heterocycles. The number of hydrogen-bond donors (Lipinski definition) is 1. The highest BCUT2D eigenvalue weighted by Crippen LogP contribution is 2.36. The summed E-state index contributed by atoms with van der Waals surface area (Å²) in [7, 11) is -3.50. The van der Waals surface area contributed by atoms with Gasteiger partial charge in [0.15, 0.2) is 11.5 Å². The maximum absolute atomic E-state index is 12.5. The lowest BCUT2D eigenvalue weighted by atomic mass is 10.0. The van der Waals surface area contributed by atoms with Crippen LogP contribution in [-0.4, -0.2) is 33.9 Å². The van der Waals surface area contributed by atoms with Crippen LogP contribution in [0.25, 0.3) is 0 Å². The summed E-state index contributed by atoms with van der Waals surface area (Å²) < 4.78 is 36.6. The molecule has 31 heavy (non-hydrogen) atoms. The first-order valence-corrected chi connectivity index (χ1v) is 12.4. The molecular weight excluding hydrogens is 416 g/mol. The average Bonchev–Trinajstić information content (AvgIpc) is 3.38. The van der Waals surface area contributed by atoms with E-state index in [0.717, 1.165) is 24.7 Å². The van der Waals surface area contributed by atoms with E-state index in [1.54, 1.807) is 18.2 Å². The van der Waals surface area contributed by atoms with Gasteiger partial charge in [-0.1, -0.05) is 18.2 Å². The van der Waals surface area contributed by atoms with Crippen molar-refractivity contribution in [3.8, 4) is 11.5 Å². The molecule has 0 aromatic heterocycles. The lowest BCUT2D eigenvalue weighted by molar-refractivity contribution is -0.121. The van der Waals surface area contributed by atoms with Crippen LogP contribution in [0, 0.1) is 0 Å². The van der Waals surface area contributed by atoms with E-state index in [4.69, 9.17) is 9.47 Å². The van der Waals surface area contributed by atoms with Crippen LogP contribution in [0.15, 0.2) is 36.4 Å². The Bertz CT molecular complexity index is 1080. The van der Waals surface area contributed by atoms with Crippen LogP contribution in [0.2, 0.25) is 0 Å². The molecule has 1 atom stereocenters. The number of anilines is 1. The number of rotatable bonds is 8. The smallest absolute Gasteiger partial charge is 0.232 e. The van der Waals surface area contributed by atoms with Crippen LogP contribution >= 0.6 is 0 Å². The summed E-state index contributed by atoms with van der Waals surface area (Å²) in [6.45, 7) is 2.31. The summed E-state index contributed by atoms with van der Waals surface area (Å²) in [5, 5.41) is 3.03. The zero-order valence-electron chi connectivity index (χ0n) is 17.9. The highest BCUT2D eigenvalue weighted by Gasteiger charge is 2.22. The molecule has 0 saturated carbocycles. The summed E-state index contributed by atoms with van der Waals surface area (Å²) in [6, 6.07) is 11.4. The van der Waals surface area contributed by atoms with Gasteiger partial charge in [0.2, 0.25) is 22.7 Å². The van der Waals surface area contributed by atoms with E-state index >= 15 is 0 Å². The number of carbonyl (C=O) groups excluding carboxylic acids is 1. The van der Waals surface area contributed by atoms with Crippen LogP contribution in [-0.2, 0) is 27.7 Å². The quantitative estimate of drug-likeness (QED) is 0.675. The Labute approximate surface area is 183 Å². The molecule has 0 unspecified atom stereocenters. The molecule has 8 heteroatoms. The lowest BCUT2D eigenvalue weighted by Crippen LogP contribution is -2.32. The van der Waals surface area contributed by atoms with Gasteiger partial charge in [-0.2, -0.15) is 0 Å². The van der Waals surface area contributed by atoms with Gasteiger partial charge in [-0.3, -0.25) is 9.10 Å². The van der Waals surface area contributed by atoms with Gasteiger partial charge in [0, 0.05) is 19.0 Å². The number of benzene rings is 2. The number of amides is 1. The monoisotopic (exact) mass is 444 g/mol. The van der Waals surface area contributed by atoms with Crippen LogP contribution in [0.5, 0.6) is 11.5 Å². The molecule has 2 aromatic rings. The second kappa shape index (κ2) is 8.78. The second-order valence-corrected chi connectivity index (χ2v) is 10.1. The van der Waals surface area contributed by atoms with Crippen molar-refractivity contribution in [3.05, 3.63) is 53.1 Å². The molecule has 1 amide bonds. The fourth-order valence-electron chi connectivity index (χ4n) is 4.17. The van der Waals surface area contributed by atoms with Crippen molar-refractivity contribution >= 4 is 21.6 Å². The maximum Gasteiger partial charge on any atom is 0.232 e. The Balaban J connectivity index is 1.33. The molecule has 1 aliphatic heterocycles. The molecule has 0 spiro atoms. The van der Waals surface area contributed by atoms with Crippen molar-refractivity contribution in [2.75, 3.05) is 23.9 Å². The van der Waals surface area contributed by atoms with Crippen molar-refractivity contribution in [1.29, 1.82) is 0 Å². The van der Waals surface area contributed by atoms with Crippen molar-refractivity contribution in [2.45, 2.75) is 45.1 Å². The van der Waals surface area contributed by atoms with Crippen LogP contribution in [0.4, 0.5) is 5.69 Å². The first-order chi connectivity index (χ1) is 14.8. The zero-order valence-corrected chi connectivity index (χ0v) is 18.7. The third-order valence-electron chi connectivity index (χ3n) is 5.81. The molecule has 2 aromatic carbocycles. The summed E-state index contributed by atoms with van der Waals surface area (Å²) in [5.74, 6) is 1.02. The van der Waals surface area contributed by atoms with E-state index in [2.05, 4.69) is 23.5 Å². The number of nitrogens with zero attached hydrogens (tertiary/aromatic N) is 1. The molecule has 0 fully saturated rings. The largest absolute Gasteiger partial charge is 0.454 e. The minimum Gasteiger partial charge on any atom is -0.454 e. The topological polar surface area (TPSA) is 84.9 Å². The van der Waals surface area contributed by atoms with E-state index in [1.807, 2.05) is 6.92 Å². The van der Waals surface area contributed by atoms with E-state index in [-0.39, 0.29) is 31.7 Å². The van der Waals surface area contributed by atoms with Gasteiger partial charge in [-0.25, -0.2) is 8.42 Å². The molecular formula is C23H28N2O5S. The third-order valence-corrected chi connectivity index (χ3v) is 7.00. The predicted octanol–water partition coefficient (Wildman–Crippen LogP) is 3.33. The Morgan fingerprint density at radius 1 is 1.10 bits per heavy atom. The van der Waals surface area contributed by atoms with Crippen molar-refractivity contribution < 1.29 is 22.7 Å². The van der Waals surface area contributed by atoms with E-state index in [9.17, 15) is 13.2 Å². The number of ether oxygens (including phenoxy) is 2. The normalized spacial score (nSPS) is 15.4. The number of nitrogens with one attached hydrogen (secondary N) is 1. The molecule has 7 nitrogen and oxygen atoms in total. The first-order valence-electron chi connectivity index (χ1n) is 10.6. The number of hydrogen-bond acceptors (Lipinski definition) is 5. The van der Waals surface area contributed by atoms with Gasteiger partial charge in [0.25, 0.3) is 0 Å². The van der Waals surface area contributed by atoms with Gasteiger partial charge in [0.1, 0.15) is 0 Å². The molecule has 1 aliphatic carbocycles. The van der Waals surface area contributed by atoms with Crippen LogP contribution in [0.1, 0.15) is 48.9 Å². The highest BCUT2D eigenvalue weighted by molar-refractivity contribution is 7.92. The van der Waals surface area contributed by atoms with Gasteiger partial charge in [-0.15, -0.1) is 0 Å². The SMILES string of the molecule is C[C@H](NC(=O)CCCN(c1ccc2c(c1)OCO2)S(C)(=O)=O)c1ccc2c(c1)CCC2. The Hall–Kier alpha value is -2.74. The zero-order chi connectivity index (χ0) is 22.0. The Morgan fingerprint density at radius 3 is 2.68 bits per heavy atom. The number of fused-ring (bicyclic) bond motifs is 2. The van der Waals surface area contributed by atoms with E-state index < -0.39 is 10.0 Å². The molecule has 4 rings (SSSR count). The predicted molar refractivity (Wildman–Crippen MR) is 119 cm³/mol. The van der Waals surface area contributed by atoms with Crippen molar-refractivity contribution in [2.24, 2.45) is 0 Å². The number of aryl methyl sites for hydroxylation is 2. The minimum absolute atomic E-state index is 0.0849. The standard InChI is InChI=1S/C23H28N2O5S/c1-16(18-9-8-17-5-3-6-19(17)13-18)24-23(26)7-4-12-25(31(2,27)28)20-10-11-21-22(14-20)30-15-29-21/h8-11,13-14,16H,3-7,12,15H2,1-2H3,(H,24,26)/t16-/m0/s1. The molecule has 1 N–H and O–H groups in total. The fraction of sp³-hybridized carbons (Fsp3) is 0.435. The molecule has 0 radical (unpaired) electrons. The van der Waals surface area contributed by atoms with E-state index in [0.29, 0.717) is 23.6 Å². The summed E-state index contributed by atoms with van der Waals surface area (Å²) in [5.41, 5.74) is 4.39. The first kappa shape index (κ1) is 21.5. The Kier molecular flexibility index (Phi) is 6.09. The molecule has 0 bridgehead atoms. The summed E-state index contributed by atoms with van der Waals surface area (Å²) >= 11 is 0. The summed E-state index contributed by atoms with van der Waals surface area (Å²) in [6.07, 6.45) is 5.24. The van der Waals surface area contributed by atoms with Gasteiger partial charge in [0.05, 0.1) is 18.0 Å². The summed E-state index contributed by atoms with van der Waals surface area (Å²) in [4.78, 5) is 12.5. The van der Waals surface area contributed by atoms with Gasteiger partial charge in [-0.05, 0) is 61.4 Å². The van der Waals surface area contributed by atoms with Crippen molar-refractivity contribution in [1.82, 2.24) is 5.32 Å². The van der Waals surface area contributed by atoms with Gasteiger partial charge >= 0.3 is 0 Å². The molecule has 166 valence electrons. The third kappa shape index (κ3) is 4.95. The highest BCUT2D eigenvalue weighted by atomic mass is 32.2. The lowest BCUT2D eigenvalue weighted by Gasteiger charge is -2.23. The van der Waals surface area contributed by atoms with Crippen LogP contribution < -0.4 is 19.1 Å². The number of carbonyl (C=O) groups is 1. The average molecular weight is 445 g/mol. The molecule has 2 aliphatic rings. The Morgan fingerprint density at radius 2 is 1.87 bits per heavy atom. The van der Waals surface area contributed by atoms with E-state index in [1.165, 1.54) is 21.9 Å². The van der Waals surface area contributed by atoms with Crippen LogP contribution in [0.3, 0.4) is 0 Å². The molecule has 1 heterocycles. The fourth-order valence-corrected chi connectivity index (χ4v) is 5.13. The van der Waals surface area contributed by atoms with Gasteiger partial charge < -0.3 is 14.8 Å². The number of sulfonamides is 1. The maximum atomic E-state index is 12.5. The second-order valence-electron chi connectivity index (χ2n) is 8.15. The van der Waals surface area contributed by atoms with Crippen molar-refractivity contribution in [3.63, 3.8) is 0 Å².